The topological polar surface area (TPSA) is 95.1 Å². The van der Waals surface area contributed by atoms with E-state index in [9.17, 15) is 9.59 Å². The lowest BCUT2D eigenvalue weighted by atomic mass is 9.86. The average Bonchev–Trinajstić information content (AvgIpc) is 3.22. The molecule has 108 valence electrons. The summed E-state index contributed by atoms with van der Waals surface area (Å²) in [6.45, 7) is 0. The van der Waals surface area contributed by atoms with Gasteiger partial charge in [0.15, 0.2) is 0 Å². The number of carboxylic acids is 1. The summed E-state index contributed by atoms with van der Waals surface area (Å²) in [6, 6.07) is 1.54. The first-order valence-electron chi connectivity index (χ1n) is 7.22. The van der Waals surface area contributed by atoms with Crippen LogP contribution in [0, 0.1) is 5.92 Å². The van der Waals surface area contributed by atoms with Gasteiger partial charge in [0.25, 0.3) is 5.56 Å². The summed E-state index contributed by atoms with van der Waals surface area (Å²) >= 11 is 0. The van der Waals surface area contributed by atoms with Crippen LogP contribution in [0.15, 0.2) is 10.9 Å². The number of carbonyl (C=O) groups is 1. The van der Waals surface area contributed by atoms with E-state index in [1.807, 2.05) is 0 Å². The quantitative estimate of drug-likeness (QED) is 0.778. The molecule has 2 unspecified atom stereocenters. The number of rotatable bonds is 4. The number of nitrogens with zero attached hydrogens (tertiary/aromatic N) is 1. The lowest BCUT2D eigenvalue weighted by Crippen LogP contribution is -2.31. The Morgan fingerprint density at radius 1 is 1.35 bits per heavy atom. The molecule has 0 aliphatic heterocycles. The molecule has 6 nitrogen and oxygen atoms in total. The van der Waals surface area contributed by atoms with Crippen molar-refractivity contribution in [3.05, 3.63) is 22.2 Å². The molecule has 0 bridgehead atoms. The second kappa shape index (κ2) is 5.26. The zero-order valence-electron chi connectivity index (χ0n) is 11.3. The molecule has 0 radical (unpaired) electrons. The molecular formula is C14H19N3O3. The minimum Gasteiger partial charge on any atom is -0.481 e. The Balaban J connectivity index is 1.70. The van der Waals surface area contributed by atoms with Crippen LogP contribution < -0.4 is 10.9 Å². The molecule has 0 aromatic carbocycles. The highest BCUT2D eigenvalue weighted by molar-refractivity contribution is 5.70. The molecule has 6 heteroatoms. The Bertz CT molecular complexity index is 565. The standard InChI is InChI=1S/C14H19N3O3/c18-12-7-11(16-13(17-12)8-4-5-8)15-10-3-1-2-9(6-10)14(19)20/h7-10H,1-6H2,(H,19,20)(H2,15,16,17,18). The second-order valence-electron chi connectivity index (χ2n) is 5.83. The van der Waals surface area contributed by atoms with Gasteiger partial charge in [-0.1, -0.05) is 6.42 Å². The number of aromatic nitrogens is 2. The number of nitrogens with one attached hydrogen (secondary N) is 2. The predicted octanol–water partition coefficient (Wildman–Crippen LogP) is 1.70. The molecule has 3 rings (SSSR count). The van der Waals surface area contributed by atoms with Crippen LogP contribution in [-0.4, -0.2) is 27.1 Å². The van der Waals surface area contributed by atoms with Crippen LogP contribution >= 0.6 is 0 Å². The maximum absolute atomic E-state index is 11.6. The Hall–Kier alpha value is -1.85. The molecule has 1 aromatic rings. The van der Waals surface area contributed by atoms with Gasteiger partial charge in [-0.2, -0.15) is 0 Å². The fraction of sp³-hybridized carbons (Fsp3) is 0.643. The van der Waals surface area contributed by atoms with E-state index in [-0.39, 0.29) is 17.5 Å². The predicted molar refractivity (Wildman–Crippen MR) is 73.8 cm³/mol. The molecule has 2 fully saturated rings. The first-order chi connectivity index (χ1) is 9.61. The maximum atomic E-state index is 11.6. The molecule has 1 aromatic heterocycles. The van der Waals surface area contributed by atoms with Crippen LogP contribution in [0.25, 0.3) is 0 Å². The SMILES string of the molecule is O=C(O)C1CCCC(Nc2cc(=O)[nH]c(C3CC3)n2)C1. The Kier molecular flexibility index (Phi) is 3.46. The van der Waals surface area contributed by atoms with Crippen LogP contribution in [0.1, 0.15) is 50.3 Å². The Morgan fingerprint density at radius 3 is 2.85 bits per heavy atom. The molecule has 2 atom stereocenters. The van der Waals surface area contributed by atoms with E-state index in [1.54, 1.807) is 0 Å². The number of aliphatic carboxylic acids is 1. The molecule has 1 heterocycles. The number of aromatic amines is 1. The molecule has 0 spiro atoms. The number of hydrogen-bond donors (Lipinski definition) is 3. The summed E-state index contributed by atoms with van der Waals surface area (Å²) in [5.74, 6) is 0.708. The molecule has 2 saturated carbocycles. The molecule has 2 aliphatic carbocycles. The fourth-order valence-corrected chi connectivity index (χ4v) is 2.85. The van der Waals surface area contributed by atoms with Crippen LogP contribution in [0.2, 0.25) is 0 Å². The van der Waals surface area contributed by atoms with E-state index in [2.05, 4.69) is 15.3 Å². The van der Waals surface area contributed by atoms with Crippen molar-refractivity contribution >= 4 is 11.8 Å². The van der Waals surface area contributed by atoms with Gasteiger partial charge in [0.2, 0.25) is 0 Å². The van der Waals surface area contributed by atoms with Crippen molar-refractivity contribution in [2.75, 3.05) is 5.32 Å². The zero-order valence-corrected chi connectivity index (χ0v) is 11.3. The summed E-state index contributed by atoms with van der Waals surface area (Å²) in [4.78, 5) is 29.9. The van der Waals surface area contributed by atoms with Gasteiger partial charge in [-0.05, 0) is 32.1 Å². The lowest BCUT2D eigenvalue weighted by Gasteiger charge is -2.27. The molecule has 3 N–H and O–H groups in total. The summed E-state index contributed by atoms with van der Waals surface area (Å²) in [6.07, 6.45) is 5.32. The van der Waals surface area contributed by atoms with Crippen molar-refractivity contribution in [3.8, 4) is 0 Å². The molecule has 20 heavy (non-hydrogen) atoms. The summed E-state index contributed by atoms with van der Waals surface area (Å²) in [5, 5.41) is 12.3. The Labute approximate surface area is 116 Å². The van der Waals surface area contributed by atoms with Crippen molar-refractivity contribution < 1.29 is 9.90 Å². The highest BCUT2D eigenvalue weighted by atomic mass is 16.4. The van der Waals surface area contributed by atoms with Gasteiger partial charge in [-0.25, -0.2) is 4.98 Å². The fourth-order valence-electron chi connectivity index (χ4n) is 2.85. The van der Waals surface area contributed by atoms with E-state index < -0.39 is 5.97 Å². The minimum absolute atomic E-state index is 0.0891. The van der Waals surface area contributed by atoms with E-state index in [1.165, 1.54) is 6.07 Å². The highest BCUT2D eigenvalue weighted by Crippen LogP contribution is 2.37. The van der Waals surface area contributed by atoms with E-state index in [0.717, 1.165) is 37.9 Å². The second-order valence-corrected chi connectivity index (χ2v) is 5.83. The van der Waals surface area contributed by atoms with Crippen molar-refractivity contribution in [3.63, 3.8) is 0 Å². The highest BCUT2D eigenvalue weighted by Gasteiger charge is 2.29. The van der Waals surface area contributed by atoms with E-state index in [0.29, 0.717) is 18.2 Å². The number of anilines is 1. The summed E-state index contributed by atoms with van der Waals surface area (Å²) < 4.78 is 0. The minimum atomic E-state index is -0.728. The first kappa shape index (κ1) is 13.1. The van der Waals surface area contributed by atoms with Gasteiger partial charge in [0, 0.05) is 18.0 Å². The number of hydrogen-bond acceptors (Lipinski definition) is 4. The van der Waals surface area contributed by atoms with Crippen molar-refractivity contribution in [1.82, 2.24) is 9.97 Å². The van der Waals surface area contributed by atoms with Gasteiger partial charge in [0.1, 0.15) is 11.6 Å². The van der Waals surface area contributed by atoms with E-state index in [4.69, 9.17) is 5.11 Å². The third kappa shape index (κ3) is 3.00. The van der Waals surface area contributed by atoms with Gasteiger partial charge >= 0.3 is 5.97 Å². The smallest absolute Gasteiger partial charge is 0.306 e. The first-order valence-corrected chi connectivity index (χ1v) is 7.22. The van der Waals surface area contributed by atoms with Crippen molar-refractivity contribution in [2.45, 2.75) is 50.5 Å². The van der Waals surface area contributed by atoms with E-state index >= 15 is 0 Å². The molecule has 0 saturated heterocycles. The normalized spacial score (nSPS) is 26.2. The van der Waals surface area contributed by atoms with Gasteiger partial charge < -0.3 is 15.4 Å². The van der Waals surface area contributed by atoms with Crippen LogP contribution in [-0.2, 0) is 4.79 Å². The third-order valence-corrected chi connectivity index (χ3v) is 4.10. The van der Waals surface area contributed by atoms with Crippen LogP contribution in [0.5, 0.6) is 0 Å². The zero-order chi connectivity index (χ0) is 14.1. The largest absolute Gasteiger partial charge is 0.481 e. The summed E-state index contributed by atoms with van der Waals surface area (Å²) in [7, 11) is 0. The van der Waals surface area contributed by atoms with Crippen molar-refractivity contribution in [2.24, 2.45) is 5.92 Å². The summed E-state index contributed by atoms with van der Waals surface area (Å²) in [5.41, 5.74) is -0.144. The maximum Gasteiger partial charge on any atom is 0.306 e. The monoisotopic (exact) mass is 277 g/mol. The average molecular weight is 277 g/mol. The molecule has 2 aliphatic rings. The van der Waals surface area contributed by atoms with Crippen LogP contribution in [0.3, 0.4) is 0 Å². The number of carboxylic acid groups (broad SMARTS) is 1. The van der Waals surface area contributed by atoms with Gasteiger partial charge in [0.05, 0.1) is 5.92 Å². The molecule has 0 amide bonds. The Morgan fingerprint density at radius 2 is 2.15 bits per heavy atom. The van der Waals surface area contributed by atoms with Crippen molar-refractivity contribution in [1.29, 1.82) is 0 Å². The lowest BCUT2D eigenvalue weighted by molar-refractivity contribution is -0.142. The third-order valence-electron chi connectivity index (χ3n) is 4.10. The van der Waals surface area contributed by atoms with Gasteiger partial charge in [-0.3, -0.25) is 9.59 Å². The van der Waals surface area contributed by atoms with Crippen LogP contribution in [0.4, 0.5) is 5.82 Å². The number of H-pyrrole nitrogens is 1. The molecular weight excluding hydrogens is 258 g/mol. The van der Waals surface area contributed by atoms with Gasteiger partial charge in [-0.15, -0.1) is 0 Å².